The molecule has 0 aromatic carbocycles. The Hall–Kier alpha value is -0.610. The number of hydrogen-bond acceptors (Lipinski definition) is 3. The van der Waals surface area contributed by atoms with Crippen molar-refractivity contribution in [2.75, 3.05) is 19.6 Å². The molecule has 16 heavy (non-hydrogen) atoms. The van der Waals surface area contributed by atoms with Crippen LogP contribution >= 0.6 is 0 Å². The van der Waals surface area contributed by atoms with Crippen molar-refractivity contribution in [1.82, 2.24) is 10.2 Å². The van der Waals surface area contributed by atoms with E-state index in [1.807, 2.05) is 0 Å². The second-order valence-electron chi connectivity index (χ2n) is 5.27. The van der Waals surface area contributed by atoms with E-state index in [0.717, 1.165) is 13.0 Å². The van der Waals surface area contributed by atoms with Crippen LogP contribution in [-0.4, -0.2) is 47.2 Å². The van der Waals surface area contributed by atoms with Crippen LogP contribution in [-0.2, 0) is 4.79 Å². The second-order valence-corrected chi connectivity index (χ2v) is 5.27. The Morgan fingerprint density at radius 2 is 2.25 bits per heavy atom. The Morgan fingerprint density at radius 1 is 1.56 bits per heavy atom. The largest absolute Gasteiger partial charge is 0.388 e. The van der Waals surface area contributed by atoms with Crippen molar-refractivity contribution in [1.29, 1.82) is 0 Å². The summed E-state index contributed by atoms with van der Waals surface area (Å²) in [5, 5.41) is 13.0. The molecule has 0 aromatic heterocycles. The first-order chi connectivity index (χ1) is 7.41. The summed E-state index contributed by atoms with van der Waals surface area (Å²) < 4.78 is 0. The number of hydrogen-bond donors (Lipinski definition) is 2. The van der Waals surface area contributed by atoms with E-state index < -0.39 is 5.60 Å². The molecule has 0 aliphatic carbocycles. The van der Waals surface area contributed by atoms with E-state index in [1.165, 1.54) is 0 Å². The first-order valence-electron chi connectivity index (χ1n) is 6.14. The van der Waals surface area contributed by atoms with Crippen molar-refractivity contribution in [3.8, 4) is 0 Å². The highest BCUT2D eigenvalue weighted by molar-refractivity contribution is 5.76. The fraction of sp³-hybridized carbons (Fsp3) is 0.917. The van der Waals surface area contributed by atoms with Gasteiger partial charge >= 0.3 is 0 Å². The van der Waals surface area contributed by atoms with E-state index in [2.05, 4.69) is 19.2 Å². The summed E-state index contributed by atoms with van der Waals surface area (Å²) in [5.74, 6) is 0.170. The van der Waals surface area contributed by atoms with Crippen LogP contribution < -0.4 is 5.32 Å². The maximum atomic E-state index is 11.8. The number of amides is 1. The van der Waals surface area contributed by atoms with Gasteiger partial charge in [0, 0.05) is 25.6 Å². The molecule has 1 heterocycles. The lowest BCUT2D eigenvalue weighted by Crippen LogP contribution is -2.34. The van der Waals surface area contributed by atoms with Gasteiger partial charge in [0.15, 0.2) is 0 Å². The number of carbonyl (C=O) groups is 1. The minimum atomic E-state index is -0.675. The number of likely N-dealkylation sites (tertiary alicyclic amines) is 1. The third kappa shape index (κ3) is 4.49. The Labute approximate surface area is 98.0 Å². The molecule has 0 spiro atoms. The van der Waals surface area contributed by atoms with E-state index in [4.69, 9.17) is 0 Å². The fourth-order valence-electron chi connectivity index (χ4n) is 1.95. The van der Waals surface area contributed by atoms with Gasteiger partial charge in [0.1, 0.15) is 0 Å². The van der Waals surface area contributed by atoms with Gasteiger partial charge in [0.2, 0.25) is 5.91 Å². The number of carbonyl (C=O) groups excluding carboxylic acids is 1. The van der Waals surface area contributed by atoms with E-state index >= 15 is 0 Å². The number of β-amino-alcohol motifs (C(OH)–C–C–N with tert-alkyl or cyclic N) is 1. The van der Waals surface area contributed by atoms with Gasteiger partial charge in [-0.2, -0.15) is 0 Å². The molecule has 4 nitrogen and oxygen atoms in total. The van der Waals surface area contributed by atoms with Crippen LogP contribution in [0.1, 0.15) is 40.0 Å². The van der Waals surface area contributed by atoms with Crippen molar-refractivity contribution in [3.05, 3.63) is 0 Å². The topological polar surface area (TPSA) is 52.6 Å². The van der Waals surface area contributed by atoms with E-state index in [1.54, 1.807) is 11.8 Å². The molecule has 1 saturated heterocycles. The molecular weight excluding hydrogens is 204 g/mol. The number of rotatable bonds is 5. The molecule has 1 rings (SSSR count). The molecule has 0 saturated carbocycles. The third-order valence-electron chi connectivity index (χ3n) is 2.92. The molecule has 0 aromatic rings. The molecule has 1 aliphatic rings. The maximum absolute atomic E-state index is 11.8. The molecule has 1 unspecified atom stereocenters. The van der Waals surface area contributed by atoms with Crippen LogP contribution in [0.4, 0.5) is 0 Å². The van der Waals surface area contributed by atoms with Crippen molar-refractivity contribution < 1.29 is 9.90 Å². The number of nitrogens with zero attached hydrogens (tertiary/aromatic N) is 1. The molecule has 0 radical (unpaired) electrons. The number of aliphatic hydroxyl groups is 1. The van der Waals surface area contributed by atoms with Crippen LogP contribution in [0.15, 0.2) is 0 Å². The van der Waals surface area contributed by atoms with Gasteiger partial charge in [0.05, 0.1) is 5.60 Å². The van der Waals surface area contributed by atoms with Crippen LogP contribution in [0, 0.1) is 0 Å². The van der Waals surface area contributed by atoms with Crippen LogP contribution in [0.3, 0.4) is 0 Å². The summed E-state index contributed by atoms with van der Waals surface area (Å²) >= 11 is 0. The summed E-state index contributed by atoms with van der Waals surface area (Å²) in [7, 11) is 0. The smallest absolute Gasteiger partial charge is 0.222 e. The predicted molar refractivity (Wildman–Crippen MR) is 64.2 cm³/mol. The highest BCUT2D eigenvalue weighted by atomic mass is 16.3. The van der Waals surface area contributed by atoms with Gasteiger partial charge < -0.3 is 15.3 Å². The molecule has 0 bridgehead atoms. The van der Waals surface area contributed by atoms with Crippen LogP contribution in [0.5, 0.6) is 0 Å². The van der Waals surface area contributed by atoms with Crippen molar-refractivity contribution in [2.24, 2.45) is 0 Å². The van der Waals surface area contributed by atoms with Crippen molar-refractivity contribution in [2.45, 2.75) is 51.7 Å². The molecule has 1 amide bonds. The normalized spacial score (nSPS) is 25.4. The number of nitrogens with one attached hydrogen (secondary N) is 1. The molecule has 1 fully saturated rings. The van der Waals surface area contributed by atoms with E-state index in [9.17, 15) is 9.90 Å². The quantitative estimate of drug-likeness (QED) is 0.683. The first-order valence-corrected chi connectivity index (χ1v) is 6.14. The molecule has 1 atom stereocenters. The molecule has 94 valence electrons. The summed E-state index contributed by atoms with van der Waals surface area (Å²) in [6.45, 7) is 8.06. The summed E-state index contributed by atoms with van der Waals surface area (Å²) in [5.41, 5.74) is -0.675. The molecule has 4 heteroatoms. The maximum Gasteiger partial charge on any atom is 0.222 e. The van der Waals surface area contributed by atoms with Gasteiger partial charge in [-0.05, 0) is 26.3 Å². The lowest BCUT2D eigenvalue weighted by atomic mass is 10.1. The highest BCUT2D eigenvalue weighted by Crippen LogP contribution is 2.20. The molecule has 1 aliphatic heterocycles. The third-order valence-corrected chi connectivity index (χ3v) is 2.92. The standard InChI is InChI=1S/C12H24N2O2/c1-10(2)13-7-4-5-11(15)14-8-6-12(3,16)9-14/h10,13,16H,4-9H2,1-3H3. The zero-order valence-electron chi connectivity index (χ0n) is 10.6. The Morgan fingerprint density at radius 3 is 2.75 bits per heavy atom. The Kier molecular flexibility index (Phi) is 4.74. The second kappa shape index (κ2) is 5.64. The van der Waals surface area contributed by atoms with Gasteiger partial charge in [-0.15, -0.1) is 0 Å². The lowest BCUT2D eigenvalue weighted by molar-refractivity contribution is -0.131. The first kappa shape index (κ1) is 13.5. The molecular formula is C12H24N2O2. The minimum Gasteiger partial charge on any atom is -0.388 e. The zero-order valence-corrected chi connectivity index (χ0v) is 10.6. The Balaban J connectivity index is 2.16. The van der Waals surface area contributed by atoms with E-state index in [0.29, 0.717) is 32.0 Å². The Bertz CT molecular complexity index is 239. The van der Waals surface area contributed by atoms with Gasteiger partial charge in [0.25, 0.3) is 0 Å². The van der Waals surface area contributed by atoms with E-state index in [-0.39, 0.29) is 5.91 Å². The van der Waals surface area contributed by atoms with Gasteiger partial charge in [-0.1, -0.05) is 13.8 Å². The molecule has 2 N–H and O–H groups in total. The SMILES string of the molecule is CC(C)NCCCC(=O)N1CCC(C)(O)C1. The summed E-state index contributed by atoms with van der Waals surface area (Å²) in [4.78, 5) is 13.5. The minimum absolute atomic E-state index is 0.170. The predicted octanol–water partition coefficient (Wildman–Crippen LogP) is 0.748. The summed E-state index contributed by atoms with van der Waals surface area (Å²) in [6.07, 6.45) is 2.15. The van der Waals surface area contributed by atoms with Crippen LogP contribution in [0.2, 0.25) is 0 Å². The monoisotopic (exact) mass is 228 g/mol. The van der Waals surface area contributed by atoms with Crippen molar-refractivity contribution >= 4 is 5.91 Å². The lowest BCUT2D eigenvalue weighted by Gasteiger charge is -2.19. The van der Waals surface area contributed by atoms with Gasteiger partial charge in [-0.3, -0.25) is 4.79 Å². The highest BCUT2D eigenvalue weighted by Gasteiger charge is 2.33. The van der Waals surface area contributed by atoms with Gasteiger partial charge in [-0.25, -0.2) is 0 Å². The average Bonchev–Trinajstić information content (AvgIpc) is 2.53. The fourth-order valence-corrected chi connectivity index (χ4v) is 1.95. The average molecular weight is 228 g/mol. The summed E-state index contributed by atoms with van der Waals surface area (Å²) in [6, 6.07) is 0.475. The van der Waals surface area contributed by atoms with Crippen molar-refractivity contribution in [3.63, 3.8) is 0 Å². The zero-order chi connectivity index (χ0) is 12.2. The van der Waals surface area contributed by atoms with Crippen LogP contribution in [0.25, 0.3) is 0 Å².